The third kappa shape index (κ3) is 6.98. The van der Waals surface area contributed by atoms with Crippen molar-refractivity contribution in [1.29, 1.82) is 0 Å². The summed E-state index contributed by atoms with van der Waals surface area (Å²) in [4.78, 5) is 12.3. The van der Waals surface area contributed by atoms with Gasteiger partial charge in [-0.3, -0.25) is 9.10 Å². The Morgan fingerprint density at radius 3 is 2.14 bits per heavy atom. The first-order chi connectivity index (χ1) is 13.6. The topological polar surface area (TPSA) is 84.9 Å². The van der Waals surface area contributed by atoms with Crippen molar-refractivity contribution in [3.63, 3.8) is 0 Å². The van der Waals surface area contributed by atoms with Gasteiger partial charge in [0, 0.05) is 7.05 Å². The lowest BCUT2D eigenvalue weighted by Gasteiger charge is -2.20. The van der Waals surface area contributed by atoms with E-state index in [9.17, 15) is 13.2 Å². The van der Waals surface area contributed by atoms with E-state index in [-0.39, 0.29) is 11.9 Å². The molecule has 2 atom stereocenters. The molecule has 2 aromatic carbocycles. The lowest BCUT2D eigenvalue weighted by atomic mass is 10.2. The first-order valence-corrected chi connectivity index (χ1v) is 11.1. The Morgan fingerprint density at radius 1 is 1.03 bits per heavy atom. The van der Waals surface area contributed by atoms with Crippen molar-refractivity contribution in [3.8, 4) is 11.5 Å². The smallest absolute Gasteiger partial charge is 0.261 e. The fourth-order valence-corrected chi connectivity index (χ4v) is 2.95. The van der Waals surface area contributed by atoms with Crippen molar-refractivity contribution in [2.45, 2.75) is 32.9 Å². The number of amides is 1. The zero-order valence-corrected chi connectivity index (χ0v) is 18.2. The van der Waals surface area contributed by atoms with Crippen molar-refractivity contribution in [2.24, 2.45) is 0 Å². The molecule has 158 valence electrons. The lowest BCUT2D eigenvalue weighted by Crippen LogP contribution is -2.43. The molecule has 0 spiro atoms. The quantitative estimate of drug-likeness (QED) is 0.674. The summed E-state index contributed by atoms with van der Waals surface area (Å²) < 4.78 is 35.7. The second-order valence-electron chi connectivity index (χ2n) is 7.02. The van der Waals surface area contributed by atoms with E-state index >= 15 is 0 Å². The van der Waals surface area contributed by atoms with Crippen LogP contribution in [0.4, 0.5) is 5.69 Å². The number of nitrogens with zero attached hydrogens (tertiary/aromatic N) is 1. The maximum Gasteiger partial charge on any atom is 0.261 e. The molecule has 0 aromatic heterocycles. The van der Waals surface area contributed by atoms with Crippen LogP contribution in [0.3, 0.4) is 0 Å². The van der Waals surface area contributed by atoms with Crippen LogP contribution in [0.2, 0.25) is 0 Å². The van der Waals surface area contributed by atoms with Crippen molar-refractivity contribution in [1.82, 2.24) is 5.32 Å². The van der Waals surface area contributed by atoms with E-state index in [2.05, 4.69) is 5.32 Å². The summed E-state index contributed by atoms with van der Waals surface area (Å²) in [5.41, 5.74) is 1.67. The highest BCUT2D eigenvalue weighted by atomic mass is 32.2. The number of anilines is 1. The average molecular weight is 421 g/mol. The fourth-order valence-electron chi connectivity index (χ4n) is 2.44. The minimum Gasteiger partial charge on any atom is -0.491 e. The zero-order chi connectivity index (χ0) is 21.6. The van der Waals surface area contributed by atoms with Crippen LogP contribution < -0.4 is 19.1 Å². The van der Waals surface area contributed by atoms with Gasteiger partial charge in [-0.1, -0.05) is 17.7 Å². The number of nitrogens with one attached hydrogen (secondary N) is 1. The molecule has 0 fully saturated rings. The molecule has 2 aromatic rings. The first kappa shape index (κ1) is 22.5. The van der Waals surface area contributed by atoms with Crippen LogP contribution >= 0.6 is 0 Å². The highest BCUT2D eigenvalue weighted by molar-refractivity contribution is 7.92. The summed E-state index contributed by atoms with van der Waals surface area (Å²) in [6, 6.07) is 14.0. The number of rotatable bonds is 9. The number of hydrogen-bond donors (Lipinski definition) is 1. The molecule has 2 rings (SSSR count). The molecule has 0 aliphatic heterocycles. The normalized spacial score (nSPS) is 13.3. The van der Waals surface area contributed by atoms with Crippen LogP contribution in [0.25, 0.3) is 0 Å². The van der Waals surface area contributed by atoms with Gasteiger partial charge in [-0.25, -0.2) is 8.42 Å². The van der Waals surface area contributed by atoms with Crippen LogP contribution in [0.1, 0.15) is 19.4 Å². The number of carbonyl (C=O) groups excluding carboxylic acids is 1. The summed E-state index contributed by atoms with van der Waals surface area (Å²) in [6.07, 6.45) is 0.420. The van der Waals surface area contributed by atoms with E-state index in [1.54, 1.807) is 31.2 Å². The largest absolute Gasteiger partial charge is 0.491 e. The predicted molar refractivity (Wildman–Crippen MR) is 114 cm³/mol. The predicted octanol–water partition coefficient (Wildman–Crippen LogP) is 2.74. The van der Waals surface area contributed by atoms with E-state index in [0.29, 0.717) is 18.0 Å². The van der Waals surface area contributed by atoms with Crippen LogP contribution in [-0.4, -0.2) is 46.4 Å². The lowest BCUT2D eigenvalue weighted by molar-refractivity contribution is -0.128. The minimum absolute atomic E-state index is 0.194. The molecule has 0 unspecified atom stereocenters. The molecule has 1 N–H and O–H groups in total. The molecule has 0 heterocycles. The number of aryl methyl sites for hydroxylation is 1. The summed E-state index contributed by atoms with van der Waals surface area (Å²) in [6.45, 7) is 5.85. The van der Waals surface area contributed by atoms with Gasteiger partial charge in [-0.05, 0) is 57.2 Å². The van der Waals surface area contributed by atoms with Gasteiger partial charge in [0.2, 0.25) is 10.0 Å². The molecule has 0 aliphatic rings. The Morgan fingerprint density at radius 2 is 1.59 bits per heavy atom. The third-order valence-corrected chi connectivity index (χ3v) is 5.50. The first-order valence-electron chi connectivity index (χ1n) is 9.26. The maximum absolute atomic E-state index is 12.3. The number of hydrogen-bond acceptors (Lipinski definition) is 5. The number of benzene rings is 2. The van der Waals surface area contributed by atoms with Crippen molar-refractivity contribution >= 4 is 21.6 Å². The van der Waals surface area contributed by atoms with Gasteiger partial charge < -0.3 is 14.8 Å². The SMILES string of the molecule is Cc1ccc(OC[C@H](C)NC(=O)[C@@H](C)Oc2ccc(N(C)S(C)(=O)=O)cc2)cc1. The Hall–Kier alpha value is -2.74. The maximum atomic E-state index is 12.3. The van der Waals surface area contributed by atoms with Crippen LogP contribution in [0, 0.1) is 6.92 Å². The molecule has 0 saturated heterocycles. The summed E-state index contributed by atoms with van der Waals surface area (Å²) in [5.74, 6) is 0.962. The van der Waals surface area contributed by atoms with E-state index < -0.39 is 16.1 Å². The Bertz CT molecular complexity index is 911. The van der Waals surface area contributed by atoms with E-state index in [1.165, 1.54) is 11.4 Å². The summed E-state index contributed by atoms with van der Waals surface area (Å²) in [7, 11) is -1.86. The molecule has 1 amide bonds. The zero-order valence-electron chi connectivity index (χ0n) is 17.4. The van der Waals surface area contributed by atoms with Crippen LogP contribution in [0.5, 0.6) is 11.5 Å². The van der Waals surface area contributed by atoms with Crippen LogP contribution in [-0.2, 0) is 14.8 Å². The Kier molecular flexibility index (Phi) is 7.50. The fraction of sp³-hybridized carbons (Fsp3) is 0.381. The molecule has 0 radical (unpaired) electrons. The van der Waals surface area contributed by atoms with Gasteiger partial charge in [-0.2, -0.15) is 0 Å². The molecule has 8 heteroatoms. The molecule has 0 saturated carbocycles. The second-order valence-corrected chi connectivity index (χ2v) is 9.03. The molecular formula is C21H28N2O5S. The number of carbonyl (C=O) groups is 1. The summed E-state index contributed by atoms with van der Waals surface area (Å²) in [5, 5.41) is 2.85. The van der Waals surface area contributed by atoms with E-state index in [1.807, 2.05) is 38.1 Å². The van der Waals surface area contributed by atoms with Crippen molar-refractivity contribution < 1.29 is 22.7 Å². The second kappa shape index (κ2) is 9.65. The average Bonchev–Trinajstić information content (AvgIpc) is 2.66. The van der Waals surface area contributed by atoms with Gasteiger partial charge in [0.1, 0.15) is 18.1 Å². The van der Waals surface area contributed by atoms with Crippen molar-refractivity contribution in [2.75, 3.05) is 24.2 Å². The Balaban J connectivity index is 1.84. The Labute approximate surface area is 172 Å². The van der Waals surface area contributed by atoms with Gasteiger partial charge >= 0.3 is 0 Å². The van der Waals surface area contributed by atoms with Gasteiger partial charge in [-0.15, -0.1) is 0 Å². The third-order valence-electron chi connectivity index (χ3n) is 4.29. The molecular weight excluding hydrogens is 392 g/mol. The van der Waals surface area contributed by atoms with Gasteiger partial charge in [0.05, 0.1) is 18.0 Å². The number of ether oxygens (including phenoxy) is 2. The highest BCUT2D eigenvalue weighted by Gasteiger charge is 2.18. The van der Waals surface area contributed by atoms with E-state index in [0.717, 1.165) is 17.6 Å². The minimum atomic E-state index is -3.33. The number of sulfonamides is 1. The van der Waals surface area contributed by atoms with Crippen molar-refractivity contribution in [3.05, 3.63) is 54.1 Å². The molecule has 0 bridgehead atoms. The van der Waals surface area contributed by atoms with Crippen LogP contribution in [0.15, 0.2) is 48.5 Å². The van der Waals surface area contributed by atoms with Gasteiger partial charge in [0.25, 0.3) is 5.91 Å². The summed E-state index contributed by atoms with van der Waals surface area (Å²) >= 11 is 0. The standard InChI is InChI=1S/C21H28N2O5S/c1-15-6-10-19(11-7-15)27-14-16(2)22-21(24)17(3)28-20-12-8-18(9-13-20)23(4)29(5,25)26/h6-13,16-17H,14H2,1-5H3,(H,22,24)/t16-,17+/m0/s1. The highest BCUT2D eigenvalue weighted by Crippen LogP contribution is 2.21. The van der Waals surface area contributed by atoms with E-state index in [4.69, 9.17) is 9.47 Å². The van der Waals surface area contributed by atoms with Gasteiger partial charge in [0.15, 0.2) is 6.10 Å². The molecule has 7 nitrogen and oxygen atoms in total. The molecule has 0 aliphatic carbocycles. The molecule has 29 heavy (non-hydrogen) atoms. The monoisotopic (exact) mass is 420 g/mol.